The number of anilines is 2. The molecule has 2 aromatic heterocycles. The average Bonchev–Trinajstić information content (AvgIpc) is 4.06. The molecule has 2 heterocycles. The van der Waals surface area contributed by atoms with Crippen LogP contribution in [0.4, 0.5) is 11.4 Å². The molecule has 0 aliphatic heterocycles. The summed E-state index contributed by atoms with van der Waals surface area (Å²) in [4.78, 5) is 2.44. The van der Waals surface area contributed by atoms with E-state index in [4.69, 9.17) is 4.42 Å². The summed E-state index contributed by atoms with van der Waals surface area (Å²) in [6.07, 6.45) is 8.04. The summed E-state index contributed by atoms with van der Waals surface area (Å²) in [7, 11) is 0. The summed E-state index contributed by atoms with van der Waals surface area (Å²) in [6.45, 7) is 4.72. The summed E-state index contributed by atoms with van der Waals surface area (Å²) in [6, 6.07) is 84.4. The van der Waals surface area contributed by atoms with Crippen LogP contribution < -0.4 is 4.90 Å². The van der Waals surface area contributed by atoms with Crippen molar-refractivity contribution >= 4 is 55.1 Å². The molecule has 0 fully saturated rings. The number of rotatable bonds is 8. The third-order valence-electron chi connectivity index (χ3n) is 15.6. The molecule has 2 aliphatic rings. The van der Waals surface area contributed by atoms with Crippen molar-refractivity contribution in [3.05, 3.63) is 271 Å². The maximum Gasteiger partial charge on any atom is 0.135 e. The Morgan fingerprint density at radius 3 is 1.74 bits per heavy atom. The Labute approximate surface area is 419 Å². The van der Waals surface area contributed by atoms with Crippen molar-refractivity contribution in [2.24, 2.45) is 0 Å². The van der Waals surface area contributed by atoms with Gasteiger partial charge < -0.3 is 13.9 Å². The molecule has 342 valence electrons. The number of allylic oxidation sites excluding steroid dienone is 3. The molecular weight excluding hydrogens is 873 g/mol. The Morgan fingerprint density at radius 1 is 0.444 bits per heavy atom. The molecule has 0 saturated carbocycles. The van der Waals surface area contributed by atoms with Crippen molar-refractivity contribution in [3.8, 4) is 50.2 Å². The molecule has 0 spiro atoms. The third-order valence-corrected chi connectivity index (χ3v) is 15.6. The van der Waals surface area contributed by atoms with Gasteiger partial charge in [0.1, 0.15) is 11.2 Å². The minimum atomic E-state index is -0.117. The maximum absolute atomic E-state index is 6.31. The van der Waals surface area contributed by atoms with Crippen molar-refractivity contribution in [2.75, 3.05) is 4.90 Å². The number of hydrogen-bond acceptors (Lipinski definition) is 2. The first kappa shape index (κ1) is 42.0. The minimum Gasteiger partial charge on any atom is -0.456 e. The van der Waals surface area contributed by atoms with E-state index in [1.807, 2.05) is 6.07 Å². The Morgan fingerprint density at radius 2 is 1.03 bits per heavy atom. The zero-order chi connectivity index (χ0) is 47.9. The molecule has 0 N–H and O–H groups in total. The van der Waals surface area contributed by atoms with E-state index in [-0.39, 0.29) is 11.3 Å². The summed E-state index contributed by atoms with van der Waals surface area (Å²) in [5.74, 6) is 0.235. The molecule has 72 heavy (non-hydrogen) atoms. The third kappa shape index (κ3) is 6.80. The van der Waals surface area contributed by atoms with Crippen molar-refractivity contribution in [3.63, 3.8) is 0 Å². The zero-order valence-electron chi connectivity index (χ0n) is 40.3. The number of fused-ring (bicyclic) bond motifs is 9. The van der Waals surface area contributed by atoms with Crippen LogP contribution in [0.5, 0.6) is 0 Å². The molecule has 0 bridgehead atoms. The lowest BCUT2D eigenvalue weighted by molar-refractivity contribution is 0.660. The zero-order valence-corrected chi connectivity index (χ0v) is 40.3. The second-order valence-corrected chi connectivity index (χ2v) is 20.0. The Balaban J connectivity index is 0.823. The van der Waals surface area contributed by atoms with Crippen LogP contribution in [0.1, 0.15) is 42.9 Å². The fraction of sp³-hybridized carbons (Fsp3) is 0.0725. The lowest BCUT2D eigenvalue weighted by Crippen LogP contribution is -2.19. The van der Waals surface area contributed by atoms with E-state index in [0.29, 0.717) is 0 Å². The molecule has 3 heteroatoms. The first-order valence-electron chi connectivity index (χ1n) is 25.2. The van der Waals surface area contributed by atoms with Crippen molar-refractivity contribution in [1.82, 2.24) is 4.57 Å². The van der Waals surface area contributed by atoms with Gasteiger partial charge in [-0.05, 0) is 123 Å². The SMILES string of the molecule is CC1(C)c2ccccc2-c2ccc(N(C3=CCC(c4ccc(-c5ccccc5-n5c6cc(-c7ccccc7)ccc6c6ccc(-c7ccccc7)cc65)cc4)C=C3)c3ccc4oc5ccccc5c4c3)cc21. The summed E-state index contributed by atoms with van der Waals surface area (Å²) >= 11 is 0. The van der Waals surface area contributed by atoms with Crippen LogP contribution in [-0.4, -0.2) is 4.57 Å². The number of hydrogen-bond donors (Lipinski definition) is 0. The van der Waals surface area contributed by atoms with E-state index >= 15 is 0 Å². The van der Waals surface area contributed by atoms with E-state index in [9.17, 15) is 0 Å². The van der Waals surface area contributed by atoms with Gasteiger partial charge in [0.25, 0.3) is 0 Å². The van der Waals surface area contributed by atoms with Gasteiger partial charge in [-0.15, -0.1) is 0 Å². The second-order valence-electron chi connectivity index (χ2n) is 20.0. The van der Waals surface area contributed by atoms with Crippen LogP contribution in [0.3, 0.4) is 0 Å². The molecule has 1 unspecified atom stereocenters. The monoisotopic (exact) mass is 922 g/mol. The highest BCUT2D eigenvalue weighted by Gasteiger charge is 2.36. The van der Waals surface area contributed by atoms with Crippen LogP contribution >= 0.6 is 0 Å². The van der Waals surface area contributed by atoms with Crippen LogP contribution in [-0.2, 0) is 5.41 Å². The maximum atomic E-state index is 6.31. The van der Waals surface area contributed by atoms with E-state index in [1.54, 1.807) is 0 Å². The molecular formula is C69H50N2O. The highest BCUT2D eigenvalue weighted by Crippen LogP contribution is 2.51. The summed E-state index contributed by atoms with van der Waals surface area (Å²) in [5.41, 5.74) is 22.5. The van der Waals surface area contributed by atoms with Gasteiger partial charge in [0.05, 0.1) is 16.7 Å². The normalized spacial score (nSPS) is 14.8. The molecule has 0 saturated heterocycles. The van der Waals surface area contributed by atoms with Gasteiger partial charge in [-0.1, -0.05) is 202 Å². The van der Waals surface area contributed by atoms with Gasteiger partial charge in [0.15, 0.2) is 0 Å². The standard InChI is InChI=1S/C69H50N2O/c1-69(2)62-22-12-9-20-56(62)57-39-35-54(44-63(57)69)70(53-36-40-68-61(43-53)60-21-11-14-24-67(60)72-68)52-33-29-48(30-34-52)47-25-27-49(28-26-47)55-19-10-13-23-64(55)71-65-41-50(45-15-5-3-6-16-45)31-37-58(65)59-38-32-51(42-66(59)71)46-17-7-4-8-18-46/h3-29,31-44,48H,30H2,1-2H3. The van der Waals surface area contributed by atoms with Gasteiger partial charge in [-0.2, -0.15) is 0 Å². The van der Waals surface area contributed by atoms with Gasteiger partial charge in [-0.25, -0.2) is 0 Å². The van der Waals surface area contributed by atoms with Crippen molar-refractivity contribution in [2.45, 2.75) is 31.6 Å². The number of aromatic nitrogens is 1. The van der Waals surface area contributed by atoms with Gasteiger partial charge in [0, 0.05) is 55.5 Å². The topological polar surface area (TPSA) is 21.3 Å². The van der Waals surface area contributed by atoms with E-state index in [1.165, 1.54) is 83.0 Å². The van der Waals surface area contributed by atoms with Crippen LogP contribution in [0.25, 0.3) is 93.9 Å². The number of benzene rings is 10. The molecule has 2 aliphatic carbocycles. The Bertz CT molecular complexity index is 4050. The predicted octanol–water partition coefficient (Wildman–Crippen LogP) is 18.8. The van der Waals surface area contributed by atoms with Crippen LogP contribution in [0.2, 0.25) is 0 Å². The van der Waals surface area contributed by atoms with Gasteiger partial charge in [-0.3, -0.25) is 0 Å². The smallest absolute Gasteiger partial charge is 0.135 e. The minimum absolute atomic E-state index is 0.117. The van der Waals surface area contributed by atoms with Crippen LogP contribution in [0, 0.1) is 0 Å². The average molecular weight is 923 g/mol. The fourth-order valence-electron chi connectivity index (χ4n) is 11.9. The molecule has 10 aromatic carbocycles. The lowest BCUT2D eigenvalue weighted by atomic mass is 9.82. The fourth-order valence-corrected chi connectivity index (χ4v) is 11.9. The Kier molecular flexibility index (Phi) is 9.69. The van der Waals surface area contributed by atoms with Gasteiger partial charge >= 0.3 is 0 Å². The van der Waals surface area contributed by atoms with Crippen molar-refractivity contribution < 1.29 is 4.42 Å². The molecule has 1 atom stereocenters. The van der Waals surface area contributed by atoms with Crippen molar-refractivity contribution in [1.29, 1.82) is 0 Å². The number of para-hydroxylation sites is 2. The summed E-state index contributed by atoms with van der Waals surface area (Å²) in [5, 5.41) is 4.73. The van der Waals surface area contributed by atoms with E-state index < -0.39 is 0 Å². The quantitative estimate of drug-likeness (QED) is 0.151. The molecule has 14 rings (SSSR count). The highest BCUT2D eigenvalue weighted by atomic mass is 16.3. The largest absolute Gasteiger partial charge is 0.456 e. The number of nitrogens with zero attached hydrogens (tertiary/aromatic N) is 2. The van der Waals surface area contributed by atoms with Crippen LogP contribution in [0.15, 0.2) is 259 Å². The molecule has 0 radical (unpaired) electrons. The predicted molar refractivity (Wildman–Crippen MR) is 302 cm³/mol. The first-order chi connectivity index (χ1) is 35.4. The lowest BCUT2D eigenvalue weighted by Gasteiger charge is -2.30. The molecule has 0 amide bonds. The first-order valence-corrected chi connectivity index (χ1v) is 25.2. The van der Waals surface area contributed by atoms with E-state index in [0.717, 1.165) is 51.1 Å². The molecule has 12 aromatic rings. The van der Waals surface area contributed by atoms with E-state index in [2.05, 4.69) is 266 Å². The van der Waals surface area contributed by atoms with Gasteiger partial charge in [0.2, 0.25) is 0 Å². The summed E-state index contributed by atoms with van der Waals surface area (Å²) < 4.78 is 8.80. The molecule has 3 nitrogen and oxygen atoms in total. The Hall–Kier alpha value is -8.92. The number of furan rings is 1. The second kappa shape index (κ2) is 16.6. The highest BCUT2D eigenvalue weighted by molar-refractivity contribution is 6.12.